The fourth-order valence-electron chi connectivity index (χ4n) is 2.97. The first kappa shape index (κ1) is 27.7. The van der Waals surface area contributed by atoms with E-state index in [0.29, 0.717) is 11.1 Å². The van der Waals surface area contributed by atoms with Gasteiger partial charge in [-0.1, -0.05) is 57.2 Å². The van der Waals surface area contributed by atoms with Crippen LogP contribution in [-0.2, 0) is 13.9 Å². The molecule has 0 aliphatic rings. The first-order chi connectivity index (χ1) is 16.0. The van der Waals surface area contributed by atoms with Crippen molar-refractivity contribution in [1.82, 2.24) is 0 Å². The van der Waals surface area contributed by atoms with Crippen LogP contribution in [0, 0.1) is 0 Å². The van der Waals surface area contributed by atoms with Crippen LogP contribution in [0.25, 0.3) is 0 Å². The summed E-state index contributed by atoms with van der Waals surface area (Å²) in [6, 6.07) is 16.7. The van der Waals surface area contributed by atoms with Gasteiger partial charge in [0.25, 0.3) is 0 Å². The molecule has 0 amide bonds. The molecule has 0 saturated heterocycles. The normalized spacial score (nSPS) is 14.7. The van der Waals surface area contributed by atoms with E-state index in [2.05, 4.69) is 20.8 Å². The smallest absolute Gasteiger partial charge is 0.338 e. The maximum Gasteiger partial charge on any atom is 0.338 e. The van der Waals surface area contributed by atoms with Gasteiger partial charge in [0.15, 0.2) is 14.4 Å². The van der Waals surface area contributed by atoms with Crippen molar-refractivity contribution in [3.05, 3.63) is 71.8 Å². The van der Waals surface area contributed by atoms with Crippen LogP contribution in [-0.4, -0.2) is 62.0 Å². The highest BCUT2D eigenvalue weighted by Crippen LogP contribution is 2.36. The monoisotopic (exact) mass is 488 g/mol. The van der Waals surface area contributed by atoms with E-state index in [-0.39, 0.29) is 24.7 Å². The number of rotatable bonds is 11. The zero-order valence-corrected chi connectivity index (χ0v) is 21.6. The first-order valence-electron chi connectivity index (χ1n) is 11.4. The fraction of sp³-hybridized carbons (Fsp3) is 0.462. The molecule has 0 aromatic heterocycles. The Morgan fingerprint density at radius 2 is 1.35 bits per heavy atom. The Hall–Kier alpha value is -2.52. The summed E-state index contributed by atoms with van der Waals surface area (Å²) < 4.78 is 17.4. The van der Waals surface area contributed by atoms with Crippen LogP contribution >= 0.6 is 0 Å². The molecule has 2 N–H and O–H groups in total. The quantitative estimate of drug-likeness (QED) is 0.361. The number of carbonyl (C=O) groups excluding carboxylic acids is 2. The van der Waals surface area contributed by atoms with Gasteiger partial charge >= 0.3 is 11.9 Å². The van der Waals surface area contributed by atoms with E-state index >= 15 is 0 Å². The third kappa shape index (κ3) is 7.77. The van der Waals surface area contributed by atoms with Crippen molar-refractivity contribution in [2.75, 3.05) is 13.2 Å². The molecule has 0 aliphatic carbocycles. The van der Waals surface area contributed by atoms with E-state index in [1.165, 1.54) is 0 Å². The minimum absolute atomic E-state index is 0.0253. The average Bonchev–Trinajstić information content (AvgIpc) is 2.81. The Bertz CT molecular complexity index is 910. The molecule has 0 spiro atoms. The van der Waals surface area contributed by atoms with Gasteiger partial charge in [-0.2, -0.15) is 0 Å². The molecule has 0 aliphatic heterocycles. The lowest BCUT2D eigenvalue weighted by atomic mass is 10.0. The number of hydrogen-bond donors (Lipinski definition) is 2. The molecule has 0 bridgehead atoms. The van der Waals surface area contributed by atoms with Crippen molar-refractivity contribution < 1.29 is 33.7 Å². The lowest BCUT2D eigenvalue weighted by molar-refractivity contribution is -0.0964. The van der Waals surface area contributed by atoms with Crippen molar-refractivity contribution >= 4 is 20.3 Å². The number of ether oxygens (including phenoxy) is 2. The Labute approximate surface area is 202 Å². The molecule has 7 nitrogen and oxygen atoms in total. The molecule has 2 aromatic rings. The molecule has 0 saturated carbocycles. The minimum atomic E-state index is -2.21. The zero-order chi connectivity index (χ0) is 25.4. The molecule has 3 atom stereocenters. The molecule has 0 heterocycles. The van der Waals surface area contributed by atoms with E-state index in [1.807, 2.05) is 13.1 Å². The van der Waals surface area contributed by atoms with Gasteiger partial charge in [0.1, 0.15) is 12.2 Å². The van der Waals surface area contributed by atoms with E-state index in [1.54, 1.807) is 60.7 Å². The van der Waals surface area contributed by atoms with Crippen LogP contribution in [0.5, 0.6) is 0 Å². The van der Waals surface area contributed by atoms with Crippen LogP contribution in [0.15, 0.2) is 60.7 Å². The molecular formula is C26H36O7Si. The Balaban J connectivity index is 2.28. The van der Waals surface area contributed by atoms with Gasteiger partial charge in [-0.05, 0) is 42.4 Å². The van der Waals surface area contributed by atoms with Crippen LogP contribution in [0.2, 0.25) is 18.1 Å². The van der Waals surface area contributed by atoms with Gasteiger partial charge in [-0.3, -0.25) is 0 Å². The van der Waals surface area contributed by atoms with Gasteiger partial charge in [0.2, 0.25) is 0 Å². The van der Waals surface area contributed by atoms with Crippen molar-refractivity contribution in [3.8, 4) is 0 Å². The second-order valence-corrected chi connectivity index (χ2v) is 14.5. The summed E-state index contributed by atoms with van der Waals surface area (Å²) >= 11 is 0. The lowest BCUT2D eigenvalue weighted by Gasteiger charge is -2.38. The number of aliphatic hydroxyl groups is 2. The highest BCUT2D eigenvalue weighted by Gasteiger charge is 2.40. The summed E-state index contributed by atoms with van der Waals surface area (Å²) in [5, 5.41) is 20.6. The summed E-state index contributed by atoms with van der Waals surface area (Å²) in [5.41, 5.74) is 0.604. The van der Waals surface area contributed by atoms with E-state index in [9.17, 15) is 19.8 Å². The number of benzene rings is 2. The third-order valence-corrected chi connectivity index (χ3v) is 10.6. The molecule has 0 unspecified atom stereocenters. The molecule has 34 heavy (non-hydrogen) atoms. The molecular weight excluding hydrogens is 452 g/mol. The van der Waals surface area contributed by atoms with Crippen LogP contribution in [0.1, 0.15) is 47.9 Å². The number of esters is 2. The van der Waals surface area contributed by atoms with Crippen molar-refractivity contribution in [2.45, 2.75) is 63.6 Å². The SMILES string of the molecule is CC(C)(C)[Si](C)(C)OC[C@@H](O)[C@@H](OC(=O)c1ccccc1)[C@@H](CCO)OC(=O)c1ccccc1. The van der Waals surface area contributed by atoms with Gasteiger partial charge in [0.05, 0.1) is 17.7 Å². The van der Waals surface area contributed by atoms with Crippen molar-refractivity contribution in [3.63, 3.8) is 0 Å². The average molecular weight is 489 g/mol. The molecule has 2 aromatic carbocycles. The summed E-state index contributed by atoms with van der Waals surface area (Å²) in [5.74, 6) is -1.31. The van der Waals surface area contributed by atoms with Crippen molar-refractivity contribution in [2.24, 2.45) is 0 Å². The van der Waals surface area contributed by atoms with E-state index in [4.69, 9.17) is 13.9 Å². The second-order valence-electron chi connectivity index (χ2n) is 9.70. The number of hydrogen-bond acceptors (Lipinski definition) is 7. The second kappa shape index (κ2) is 12.3. The molecule has 2 rings (SSSR count). The molecule has 186 valence electrons. The third-order valence-electron chi connectivity index (χ3n) is 6.10. The zero-order valence-electron chi connectivity index (χ0n) is 20.6. The Morgan fingerprint density at radius 3 is 1.79 bits per heavy atom. The molecule has 0 radical (unpaired) electrons. The maximum atomic E-state index is 12.8. The van der Waals surface area contributed by atoms with E-state index < -0.39 is 38.6 Å². The maximum absolute atomic E-state index is 12.8. The van der Waals surface area contributed by atoms with Gasteiger partial charge in [-0.15, -0.1) is 0 Å². The molecule has 0 fully saturated rings. The molecule has 8 heteroatoms. The van der Waals surface area contributed by atoms with Crippen LogP contribution in [0.4, 0.5) is 0 Å². The highest BCUT2D eigenvalue weighted by atomic mass is 28.4. The summed E-state index contributed by atoms with van der Waals surface area (Å²) in [7, 11) is -2.21. The minimum Gasteiger partial charge on any atom is -0.455 e. The standard InChI is InChI=1S/C26H36O7Si/c1-26(2,3)34(4,5)31-18-21(28)23(33-25(30)20-14-10-7-11-15-20)22(16-17-27)32-24(29)19-12-8-6-9-13-19/h6-15,21-23,27-28H,16-18H2,1-5H3/t21-,22-,23-/m1/s1. The van der Waals surface area contributed by atoms with Crippen LogP contribution < -0.4 is 0 Å². The van der Waals surface area contributed by atoms with Crippen LogP contribution in [0.3, 0.4) is 0 Å². The van der Waals surface area contributed by atoms with Gasteiger partial charge < -0.3 is 24.1 Å². The van der Waals surface area contributed by atoms with Crippen molar-refractivity contribution in [1.29, 1.82) is 0 Å². The predicted octanol–water partition coefficient (Wildman–Crippen LogP) is 4.20. The summed E-state index contributed by atoms with van der Waals surface area (Å²) in [6.07, 6.45) is -3.62. The lowest BCUT2D eigenvalue weighted by Crippen LogP contribution is -2.49. The van der Waals surface area contributed by atoms with Gasteiger partial charge in [0, 0.05) is 13.0 Å². The highest BCUT2D eigenvalue weighted by molar-refractivity contribution is 6.74. The summed E-state index contributed by atoms with van der Waals surface area (Å²) in [4.78, 5) is 25.5. The Kier molecular flexibility index (Phi) is 9.99. The number of aliphatic hydroxyl groups excluding tert-OH is 2. The van der Waals surface area contributed by atoms with Gasteiger partial charge in [-0.25, -0.2) is 9.59 Å². The number of carbonyl (C=O) groups is 2. The van der Waals surface area contributed by atoms with E-state index in [0.717, 1.165) is 0 Å². The predicted molar refractivity (Wildman–Crippen MR) is 132 cm³/mol. The topological polar surface area (TPSA) is 102 Å². The summed E-state index contributed by atoms with van der Waals surface area (Å²) in [6.45, 7) is 9.89. The largest absolute Gasteiger partial charge is 0.455 e. The fourth-order valence-corrected chi connectivity index (χ4v) is 3.99. The first-order valence-corrected chi connectivity index (χ1v) is 14.3. The Morgan fingerprint density at radius 1 is 0.882 bits per heavy atom.